The standard InChI is InChI=1S/C30H29F3N2O3S/c1-19-6-12-25(13-7-19)39-29(28(38)34-18-30(31,32)33)16-26(37)35(24-14-22-4-2-3-5-23(22)15-24)27(29)21-10-8-20(17-36)9-11-21/h2-13,24,27,36H,14-18H2,1H3,(H,34,38)/t27-,29-/m1/s1. The Labute approximate surface area is 229 Å². The molecule has 1 fully saturated rings. The summed E-state index contributed by atoms with van der Waals surface area (Å²) in [5.74, 6) is -1.10. The maximum Gasteiger partial charge on any atom is 0.405 e. The van der Waals surface area contributed by atoms with Gasteiger partial charge in [0.2, 0.25) is 11.8 Å². The van der Waals surface area contributed by atoms with Gasteiger partial charge in [0.15, 0.2) is 0 Å². The summed E-state index contributed by atoms with van der Waals surface area (Å²) in [4.78, 5) is 30.1. The summed E-state index contributed by atoms with van der Waals surface area (Å²) in [5, 5.41) is 11.7. The molecular formula is C30H29F3N2O3S. The number of rotatable bonds is 7. The highest BCUT2D eigenvalue weighted by Crippen LogP contribution is 2.54. The molecule has 2 aliphatic rings. The molecule has 1 aliphatic heterocycles. The molecule has 5 rings (SSSR count). The van der Waals surface area contributed by atoms with Gasteiger partial charge in [-0.15, -0.1) is 11.8 Å². The van der Waals surface area contributed by atoms with E-state index in [4.69, 9.17) is 0 Å². The van der Waals surface area contributed by atoms with Gasteiger partial charge in [0.25, 0.3) is 0 Å². The van der Waals surface area contributed by atoms with Crippen LogP contribution in [0, 0.1) is 6.92 Å². The fourth-order valence-electron chi connectivity index (χ4n) is 5.65. The molecule has 5 nitrogen and oxygen atoms in total. The summed E-state index contributed by atoms with van der Waals surface area (Å²) in [6.45, 7) is 0.256. The van der Waals surface area contributed by atoms with E-state index in [1.807, 2.05) is 55.5 Å². The molecule has 2 atom stereocenters. The Balaban J connectivity index is 1.62. The number of hydrogen-bond acceptors (Lipinski definition) is 4. The molecule has 39 heavy (non-hydrogen) atoms. The van der Waals surface area contributed by atoms with E-state index >= 15 is 0 Å². The second kappa shape index (κ2) is 10.7. The second-order valence-electron chi connectivity index (χ2n) is 10.2. The summed E-state index contributed by atoms with van der Waals surface area (Å²) in [7, 11) is 0. The van der Waals surface area contributed by atoms with Crippen LogP contribution in [0.25, 0.3) is 0 Å². The highest BCUT2D eigenvalue weighted by Gasteiger charge is 2.60. The zero-order valence-electron chi connectivity index (χ0n) is 21.4. The van der Waals surface area contributed by atoms with E-state index in [2.05, 4.69) is 5.32 Å². The number of amides is 2. The van der Waals surface area contributed by atoms with Crippen LogP contribution in [0.1, 0.15) is 40.3 Å². The minimum absolute atomic E-state index is 0.180. The van der Waals surface area contributed by atoms with E-state index in [9.17, 15) is 27.9 Å². The van der Waals surface area contributed by atoms with Crippen molar-refractivity contribution < 1.29 is 27.9 Å². The molecule has 2 amide bonds. The summed E-state index contributed by atoms with van der Waals surface area (Å²) >= 11 is 1.14. The number of likely N-dealkylation sites (tertiary alicyclic amines) is 1. The van der Waals surface area contributed by atoms with Crippen molar-refractivity contribution in [2.75, 3.05) is 6.54 Å². The molecule has 1 saturated heterocycles. The lowest BCUT2D eigenvalue weighted by molar-refractivity contribution is -0.140. The maximum atomic E-state index is 13.9. The van der Waals surface area contributed by atoms with Crippen molar-refractivity contribution in [3.05, 3.63) is 101 Å². The lowest BCUT2D eigenvalue weighted by Gasteiger charge is -2.39. The molecule has 3 aromatic rings. The second-order valence-corrected chi connectivity index (χ2v) is 11.6. The van der Waals surface area contributed by atoms with E-state index in [1.54, 1.807) is 29.2 Å². The molecule has 0 unspecified atom stereocenters. The Morgan fingerprint density at radius 1 is 1.03 bits per heavy atom. The molecule has 0 saturated carbocycles. The smallest absolute Gasteiger partial charge is 0.392 e. The van der Waals surface area contributed by atoms with Crippen LogP contribution in [0.3, 0.4) is 0 Å². The minimum atomic E-state index is -4.60. The van der Waals surface area contributed by atoms with Crippen LogP contribution in [0.5, 0.6) is 0 Å². The normalized spacial score (nSPS) is 21.3. The quantitative estimate of drug-likeness (QED) is 0.425. The van der Waals surface area contributed by atoms with Gasteiger partial charge in [0.1, 0.15) is 11.3 Å². The van der Waals surface area contributed by atoms with Gasteiger partial charge in [0.05, 0.1) is 19.1 Å². The molecule has 9 heteroatoms. The van der Waals surface area contributed by atoms with Crippen molar-refractivity contribution in [2.45, 2.75) is 60.7 Å². The third-order valence-corrected chi connectivity index (χ3v) is 8.90. The van der Waals surface area contributed by atoms with Gasteiger partial charge in [-0.2, -0.15) is 13.2 Å². The van der Waals surface area contributed by atoms with E-state index in [-0.39, 0.29) is 25.0 Å². The minimum Gasteiger partial charge on any atom is -0.392 e. The number of hydrogen-bond donors (Lipinski definition) is 2. The van der Waals surface area contributed by atoms with Crippen LogP contribution >= 0.6 is 11.8 Å². The molecule has 0 spiro atoms. The largest absolute Gasteiger partial charge is 0.405 e. The summed E-state index contributed by atoms with van der Waals surface area (Å²) in [6.07, 6.45) is -3.64. The number of aryl methyl sites for hydroxylation is 1. The maximum absolute atomic E-state index is 13.9. The molecule has 2 N–H and O–H groups in total. The average molecular weight is 555 g/mol. The molecule has 3 aromatic carbocycles. The van der Waals surface area contributed by atoms with Gasteiger partial charge in [-0.3, -0.25) is 9.59 Å². The lowest BCUT2D eigenvalue weighted by atomic mass is 9.90. The Morgan fingerprint density at radius 3 is 2.21 bits per heavy atom. The summed E-state index contributed by atoms with van der Waals surface area (Å²) in [5.41, 5.74) is 4.53. The third kappa shape index (κ3) is 5.56. The SMILES string of the molecule is Cc1ccc(S[C@]2(C(=O)NCC(F)(F)F)CC(=O)N(C3Cc4ccccc4C3)[C@@H]2c2ccc(CO)cc2)cc1. The van der Waals surface area contributed by atoms with E-state index in [1.165, 1.54) is 0 Å². The van der Waals surface area contributed by atoms with Crippen molar-refractivity contribution in [1.29, 1.82) is 0 Å². The molecule has 0 aromatic heterocycles. The predicted octanol–water partition coefficient (Wildman–Crippen LogP) is 5.14. The van der Waals surface area contributed by atoms with Gasteiger partial charge < -0.3 is 15.3 Å². The number of aliphatic hydroxyl groups excluding tert-OH is 1. The number of thioether (sulfide) groups is 1. The fraction of sp³-hybridized carbons (Fsp3) is 0.333. The lowest BCUT2D eigenvalue weighted by Crippen LogP contribution is -2.51. The zero-order valence-corrected chi connectivity index (χ0v) is 22.2. The first-order valence-electron chi connectivity index (χ1n) is 12.8. The monoisotopic (exact) mass is 554 g/mol. The van der Waals surface area contributed by atoms with Crippen LogP contribution in [0.2, 0.25) is 0 Å². The molecule has 0 radical (unpaired) electrons. The number of halogens is 3. The van der Waals surface area contributed by atoms with Gasteiger partial charge in [-0.05, 0) is 54.2 Å². The number of carbonyl (C=O) groups excluding carboxylic acids is 2. The van der Waals surface area contributed by atoms with Crippen molar-refractivity contribution in [1.82, 2.24) is 10.2 Å². The first kappa shape index (κ1) is 27.3. The topological polar surface area (TPSA) is 69.6 Å². The van der Waals surface area contributed by atoms with E-state index in [0.717, 1.165) is 28.5 Å². The third-order valence-electron chi connectivity index (χ3n) is 7.48. The Bertz CT molecular complexity index is 1340. The number of alkyl halides is 3. The number of fused-ring (bicyclic) bond motifs is 1. The van der Waals surface area contributed by atoms with Crippen LogP contribution in [0.15, 0.2) is 77.7 Å². The molecular weight excluding hydrogens is 525 g/mol. The van der Waals surface area contributed by atoms with Crippen molar-refractivity contribution in [2.24, 2.45) is 0 Å². The number of nitrogens with zero attached hydrogens (tertiary/aromatic N) is 1. The van der Waals surface area contributed by atoms with Crippen LogP contribution in [0.4, 0.5) is 13.2 Å². The first-order valence-corrected chi connectivity index (χ1v) is 13.6. The number of nitrogens with one attached hydrogen (secondary N) is 1. The highest BCUT2D eigenvalue weighted by atomic mass is 32.2. The van der Waals surface area contributed by atoms with Crippen molar-refractivity contribution >= 4 is 23.6 Å². The Morgan fingerprint density at radius 2 is 1.64 bits per heavy atom. The Hall–Kier alpha value is -3.30. The Kier molecular flexibility index (Phi) is 7.48. The van der Waals surface area contributed by atoms with Crippen molar-refractivity contribution in [3.63, 3.8) is 0 Å². The van der Waals surface area contributed by atoms with Crippen LogP contribution in [-0.2, 0) is 29.0 Å². The van der Waals surface area contributed by atoms with Gasteiger partial charge in [-0.25, -0.2) is 0 Å². The molecule has 1 heterocycles. The number of benzene rings is 3. The first-order chi connectivity index (χ1) is 18.6. The van der Waals surface area contributed by atoms with Gasteiger partial charge in [-0.1, -0.05) is 66.2 Å². The molecule has 0 bridgehead atoms. The zero-order chi connectivity index (χ0) is 27.8. The number of carbonyl (C=O) groups is 2. The van der Waals surface area contributed by atoms with Crippen molar-refractivity contribution in [3.8, 4) is 0 Å². The average Bonchev–Trinajstić information content (AvgIpc) is 3.47. The van der Waals surface area contributed by atoms with Gasteiger partial charge >= 0.3 is 6.18 Å². The molecule has 204 valence electrons. The number of aliphatic hydroxyl groups is 1. The fourth-order valence-corrected chi connectivity index (χ4v) is 7.07. The summed E-state index contributed by atoms with van der Waals surface area (Å²) < 4.78 is 38.1. The predicted molar refractivity (Wildman–Crippen MR) is 143 cm³/mol. The van der Waals surface area contributed by atoms with Crippen LogP contribution in [-0.4, -0.2) is 45.3 Å². The highest BCUT2D eigenvalue weighted by molar-refractivity contribution is 8.01. The van der Waals surface area contributed by atoms with Gasteiger partial charge in [0, 0.05) is 10.9 Å². The molecule has 1 aliphatic carbocycles. The van der Waals surface area contributed by atoms with Crippen LogP contribution < -0.4 is 5.32 Å². The van der Waals surface area contributed by atoms with E-state index in [0.29, 0.717) is 28.9 Å². The van der Waals surface area contributed by atoms with E-state index < -0.39 is 29.4 Å². The summed E-state index contributed by atoms with van der Waals surface area (Å²) in [6, 6.07) is 21.2.